The zero-order valence-electron chi connectivity index (χ0n) is 9.07. The number of aliphatic hydroxyl groups excluding tert-OH is 1. The van der Waals surface area contributed by atoms with Gasteiger partial charge in [-0.15, -0.1) is 0 Å². The molecule has 14 heavy (non-hydrogen) atoms. The molecular weight excluding hydrogens is 178 g/mol. The molecule has 0 bridgehead atoms. The van der Waals surface area contributed by atoms with Gasteiger partial charge in [-0.3, -0.25) is 4.68 Å². The topological polar surface area (TPSA) is 64.1 Å². The maximum atomic E-state index is 9.63. The Kier molecular flexibility index (Phi) is 3.29. The van der Waals surface area contributed by atoms with Gasteiger partial charge in [0.1, 0.15) is 0 Å². The van der Waals surface area contributed by atoms with E-state index in [0.717, 1.165) is 12.0 Å². The number of aromatic nitrogens is 2. The molecular formula is C10H19N3O. The van der Waals surface area contributed by atoms with Crippen LogP contribution in [0.1, 0.15) is 19.4 Å². The van der Waals surface area contributed by atoms with Gasteiger partial charge in [-0.2, -0.15) is 5.10 Å². The van der Waals surface area contributed by atoms with Gasteiger partial charge < -0.3 is 10.8 Å². The molecule has 4 heteroatoms. The third-order valence-electron chi connectivity index (χ3n) is 2.84. The van der Waals surface area contributed by atoms with Crippen LogP contribution in [-0.2, 0) is 13.5 Å². The van der Waals surface area contributed by atoms with Crippen molar-refractivity contribution in [1.82, 2.24) is 9.78 Å². The van der Waals surface area contributed by atoms with Crippen molar-refractivity contribution in [3.05, 3.63) is 18.0 Å². The van der Waals surface area contributed by atoms with Gasteiger partial charge in [0.05, 0.1) is 12.3 Å². The quantitative estimate of drug-likeness (QED) is 0.730. The molecule has 1 aromatic heterocycles. The van der Waals surface area contributed by atoms with Crippen LogP contribution in [0.15, 0.2) is 12.4 Å². The molecule has 4 nitrogen and oxygen atoms in total. The third kappa shape index (κ3) is 2.33. The van der Waals surface area contributed by atoms with Gasteiger partial charge in [0, 0.05) is 25.2 Å². The molecule has 2 atom stereocenters. The lowest BCUT2D eigenvalue weighted by atomic mass is 9.80. The predicted octanol–water partition coefficient (Wildman–Crippen LogP) is 0.308. The minimum atomic E-state index is -0.410. The first-order valence-electron chi connectivity index (χ1n) is 4.83. The van der Waals surface area contributed by atoms with Crippen LogP contribution in [-0.4, -0.2) is 27.5 Å². The van der Waals surface area contributed by atoms with Crippen LogP contribution in [0.5, 0.6) is 0 Å². The Bertz CT molecular complexity index is 295. The lowest BCUT2D eigenvalue weighted by Gasteiger charge is -2.30. The van der Waals surface area contributed by atoms with E-state index in [0.29, 0.717) is 6.54 Å². The zero-order chi connectivity index (χ0) is 10.8. The van der Waals surface area contributed by atoms with Crippen LogP contribution in [0.3, 0.4) is 0 Å². The highest BCUT2D eigenvalue weighted by molar-refractivity contribution is 5.08. The summed E-state index contributed by atoms with van der Waals surface area (Å²) < 4.78 is 1.76. The molecule has 1 aromatic rings. The molecule has 3 N–H and O–H groups in total. The van der Waals surface area contributed by atoms with Crippen LogP contribution in [0.25, 0.3) is 0 Å². The van der Waals surface area contributed by atoms with Crippen molar-refractivity contribution in [1.29, 1.82) is 0 Å². The van der Waals surface area contributed by atoms with E-state index in [1.54, 1.807) is 11.6 Å². The van der Waals surface area contributed by atoms with Gasteiger partial charge in [0.2, 0.25) is 0 Å². The van der Waals surface area contributed by atoms with Crippen molar-refractivity contribution in [2.24, 2.45) is 18.2 Å². The van der Waals surface area contributed by atoms with Gasteiger partial charge >= 0.3 is 0 Å². The monoisotopic (exact) mass is 197 g/mol. The van der Waals surface area contributed by atoms with Crippen LogP contribution in [0, 0.1) is 5.41 Å². The first-order valence-corrected chi connectivity index (χ1v) is 4.83. The van der Waals surface area contributed by atoms with Crippen LogP contribution < -0.4 is 5.73 Å². The number of hydrogen-bond acceptors (Lipinski definition) is 3. The van der Waals surface area contributed by atoms with Crippen molar-refractivity contribution >= 4 is 0 Å². The van der Waals surface area contributed by atoms with Crippen molar-refractivity contribution in [2.75, 3.05) is 6.54 Å². The second-order valence-electron chi connectivity index (χ2n) is 4.23. The second-order valence-corrected chi connectivity index (χ2v) is 4.23. The maximum Gasteiger partial charge on any atom is 0.0580 e. The van der Waals surface area contributed by atoms with Gasteiger partial charge in [-0.25, -0.2) is 0 Å². The summed E-state index contributed by atoms with van der Waals surface area (Å²) in [6, 6.07) is 0. The van der Waals surface area contributed by atoms with Crippen LogP contribution in [0.4, 0.5) is 0 Å². The summed E-state index contributed by atoms with van der Waals surface area (Å²) in [6.45, 7) is 4.24. The largest absolute Gasteiger partial charge is 0.393 e. The van der Waals surface area contributed by atoms with E-state index in [1.807, 2.05) is 26.4 Å². The first-order chi connectivity index (χ1) is 6.48. The van der Waals surface area contributed by atoms with Gasteiger partial charge in [-0.05, 0) is 18.9 Å². The average Bonchev–Trinajstić information content (AvgIpc) is 2.50. The maximum absolute atomic E-state index is 9.63. The van der Waals surface area contributed by atoms with Crippen molar-refractivity contribution in [3.63, 3.8) is 0 Å². The van der Waals surface area contributed by atoms with Crippen LogP contribution in [0.2, 0.25) is 0 Å². The minimum Gasteiger partial charge on any atom is -0.393 e. The number of nitrogens with zero attached hydrogens (tertiary/aromatic N) is 2. The van der Waals surface area contributed by atoms with E-state index in [-0.39, 0.29) is 5.41 Å². The Balaban J connectivity index is 2.75. The second kappa shape index (κ2) is 4.11. The number of nitrogens with two attached hydrogens (primary N) is 1. The summed E-state index contributed by atoms with van der Waals surface area (Å²) in [5.41, 5.74) is 6.53. The fraction of sp³-hybridized carbons (Fsp3) is 0.700. The molecule has 80 valence electrons. The van der Waals surface area contributed by atoms with E-state index >= 15 is 0 Å². The highest BCUT2D eigenvalue weighted by Gasteiger charge is 2.29. The molecule has 0 aliphatic rings. The molecule has 0 aliphatic heterocycles. The first kappa shape index (κ1) is 11.2. The summed E-state index contributed by atoms with van der Waals surface area (Å²) >= 11 is 0. The molecule has 0 aliphatic carbocycles. The molecule has 0 radical (unpaired) electrons. The zero-order valence-corrected chi connectivity index (χ0v) is 9.07. The normalized spacial score (nSPS) is 17.8. The van der Waals surface area contributed by atoms with Crippen molar-refractivity contribution in [3.8, 4) is 0 Å². The minimum absolute atomic E-state index is 0.261. The highest BCUT2D eigenvalue weighted by Crippen LogP contribution is 2.25. The molecule has 0 saturated carbocycles. The fourth-order valence-corrected chi connectivity index (χ4v) is 1.42. The molecule has 0 aromatic carbocycles. The Hall–Kier alpha value is -0.870. The van der Waals surface area contributed by atoms with Gasteiger partial charge in [-0.1, -0.05) is 6.92 Å². The summed E-state index contributed by atoms with van der Waals surface area (Å²) in [5.74, 6) is 0. The van der Waals surface area contributed by atoms with Gasteiger partial charge in [0.25, 0.3) is 0 Å². The van der Waals surface area contributed by atoms with E-state index in [4.69, 9.17) is 5.73 Å². The van der Waals surface area contributed by atoms with E-state index < -0.39 is 6.10 Å². The number of aryl methyl sites for hydroxylation is 1. The Labute approximate surface area is 84.7 Å². The van der Waals surface area contributed by atoms with E-state index in [1.165, 1.54) is 0 Å². The number of rotatable bonds is 4. The molecule has 0 amide bonds. The molecule has 0 spiro atoms. The number of aliphatic hydroxyl groups is 1. The lowest BCUT2D eigenvalue weighted by molar-refractivity contribution is 0.0589. The summed E-state index contributed by atoms with van der Waals surface area (Å²) in [5, 5.41) is 13.7. The lowest BCUT2D eigenvalue weighted by Crippen LogP contribution is -2.39. The van der Waals surface area contributed by atoms with E-state index in [9.17, 15) is 5.11 Å². The molecule has 1 heterocycles. The smallest absolute Gasteiger partial charge is 0.0580 e. The van der Waals surface area contributed by atoms with Crippen molar-refractivity contribution < 1.29 is 5.11 Å². The highest BCUT2D eigenvalue weighted by atomic mass is 16.3. The fourth-order valence-electron chi connectivity index (χ4n) is 1.42. The van der Waals surface area contributed by atoms with Crippen LogP contribution >= 0.6 is 0 Å². The third-order valence-corrected chi connectivity index (χ3v) is 2.84. The predicted molar refractivity (Wildman–Crippen MR) is 55.8 cm³/mol. The summed E-state index contributed by atoms with van der Waals surface area (Å²) in [6.07, 6.45) is 4.12. The molecule has 0 fully saturated rings. The Morgan fingerprint density at radius 1 is 1.71 bits per heavy atom. The summed E-state index contributed by atoms with van der Waals surface area (Å²) in [4.78, 5) is 0. The Morgan fingerprint density at radius 3 is 2.71 bits per heavy atom. The van der Waals surface area contributed by atoms with Gasteiger partial charge in [0.15, 0.2) is 0 Å². The Morgan fingerprint density at radius 2 is 2.36 bits per heavy atom. The molecule has 1 rings (SSSR count). The number of hydrogen-bond donors (Lipinski definition) is 2. The molecule has 2 unspecified atom stereocenters. The van der Waals surface area contributed by atoms with E-state index in [2.05, 4.69) is 5.10 Å². The summed E-state index contributed by atoms with van der Waals surface area (Å²) in [7, 11) is 1.88. The molecule has 0 saturated heterocycles. The average molecular weight is 197 g/mol. The van der Waals surface area contributed by atoms with Crippen molar-refractivity contribution in [2.45, 2.75) is 26.4 Å². The SMILES string of the molecule is CC(O)C(C)(CN)Cc1cnn(C)c1. The standard InChI is InChI=1S/C10H19N3O/c1-8(14)10(2,7-11)4-9-5-12-13(3)6-9/h5-6,8,14H,4,7,11H2,1-3H3.